The van der Waals surface area contributed by atoms with Crippen LogP contribution in [-0.4, -0.2) is 21.3 Å². The summed E-state index contributed by atoms with van der Waals surface area (Å²) in [7, 11) is 0. The predicted molar refractivity (Wildman–Crippen MR) is 52.9 cm³/mol. The van der Waals surface area contributed by atoms with Crippen LogP contribution in [0.25, 0.3) is 0 Å². The second kappa shape index (κ2) is 5.32. The highest BCUT2D eigenvalue weighted by atomic mass is 35.5. The van der Waals surface area contributed by atoms with E-state index in [1.807, 2.05) is 0 Å². The first-order valence-electron chi connectivity index (χ1n) is 3.92. The van der Waals surface area contributed by atoms with Gasteiger partial charge in [0.1, 0.15) is 6.33 Å². The van der Waals surface area contributed by atoms with Gasteiger partial charge in [0.2, 0.25) is 5.13 Å². The van der Waals surface area contributed by atoms with E-state index < -0.39 is 0 Å². The molecule has 12 heavy (non-hydrogen) atoms. The van der Waals surface area contributed by atoms with Crippen LogP contribution >= 0.6 is 23.1 Å². The molecule has 0 bridgehead atoms. The van der Waals surface area contributed by atoms with E-state index in [1.165, 1.54) is 11.5 Å². The Morgan fingerprint density at radius 3 is 3.17 bits per heavy atom. The molecule has 0 saturated heterocycles. The fraction of sp³-hybridized carbons (Fsp3) is 0.714. The molecule has 1 N–H and O–H groups in total. The van der Waals surface area contributed by atoms with Crippen molar-refractivity contribution in [2.75, 3.05) is 11.2 Å². The summed E-state index contributed by atoms with van der Waals surface area (Å²) < 4.78 is 3.90. The van der Waals surface area contributed by atoms with Crippen molar-refractivity contribution in [2.45, 2.75) is 25.8 Å². The lowest BCUT2D eigenvalue weighted by molar-refractivity contribution is 0.692. The fourth-order valence-corrected chi connectivity index (χ4v) is 1.60. The molecule has 5 heteroatoms. The Bertz CT molecular complexity index is 202. The summed E-state index contributed by atoms with van der Waals surface area (Å²) in [5, 5.41) is 4.13. The van der Waals surface area contributed by atoms with Gasteiger partial charge in [0.05, 0.1) is 0 Å². The lowest BCUT2D eigenvalue weighted by atomic mass is 10.2. The first kappa shape index (κ1) is 9.74. The van der Waals surface area contributed by atoms with Gasteiger partial charge in [-0.2, -0.15) is 4.37 Å². The Hall–Kier alpha value is -0.350. The number of hydrogen-bond acceptors (Lipinski definition) is 4. The third kappa shape index (κ3) is 3.36. The smallest absolute Gasteiger partial charge is 0.202 e. The topological polar surface area (TPSA) is 37.8 Å². The van der Waals surface area contributed by atoms with Crippen molar-refractivity contribution < 1.29 is 0 Å². The summed E-state index contributed by atoms with van der Waals surface area (Å²) in [5.74, 6) is 0.724. The molecule has 1 aromatic heterocycles. The standard InChI is InChI=1S/C7H12ClN3S/c1-6(3-2-4-8)11-7-9-5-10-12-7/h5-6H,2-4H2,1H3,(H,9,10,11). The van der Waals surface area contributed by atoms with E-state index in [0.717, 1.165) is 23.9 Å². The Labute approximate surface area is 81.3 Å². The molecule has 1 rings (SSSR count). The number of aromatic nitrogens is 2. The maximum atomic E-state index is 5.57. The minimum atomic E-state index is 0.428. The van der Waals surface area contributed by atoms with Crippen LogP contribution in [0.1, 0.15) is 19.8 Å². The van der Waals surface area contributed by atoms with Gasteiger partial charge in [-0.05, 0) is 19.8 Å². The van der Waals surface area contributed by atoms with Crippen molar-refractivity contribution >= 4 is 28.3 Å². The van der Waals surface area contributed by atoms with E-state index in [0.29, 0.717) is 6.04 Å². The number of anilines is 1. The molecule has 0 spiro atoms. The molecule has 68 valence electrons. The average molecular weight is 206 g/mol. The van der Waals surface area contributed by atoms with Gasteiger partial charge in [-0.1, -0.05) is 0 Å². The van der Waals surface area contributed by atoms with Crippen molar-refractivity contribution in [3.05, 3.63) is 6.33 Å². The largest absolute Gasteiger partial charge is 0.358 e. The van der Waals surface area contributed by atoms with Crippen LogP contribution in [0.15, 0.2) is 6.33 Å². The molecule has 0 aromatic carbocycles. The minimum absolute atomic E-state index is 0.428. The third-order valence-electron chi connectivity index (χ3n) is 1.50. The van der Waals surface area contributed by atoms with Crippen LogP contribution in [0, 0.1) is 0 Å². The minimum Gasteiger partial charge on any atom is -0.358 e. The lowest BCUT2D eigenvalue weighted by Crippen LogP contribution is -2.14. The summed E-state index contributed by atoms with van der Waals surface area (Å²) >= 11 is 6.95. The summed E-state index contributed by atoms with van der Waals surface area (Å²) in [6.07, 6.45) is 3.67. The van der Waals surface area contributed by atoms with Crippen molar-refractivity contribution in [3.8, 4) is 0 Å². The molecular formula is C7H12ClN3S. The van der Waals surface area contributed by atoms with Crippen LogP contribution in [0.5, 0.6) is 0 Å². The molecule has 1 heterocycles. The molecular weight excluding hydrogens is 194 g/mol. The molecule has 1 aromatic rings. The van der Waals surface area contributed by atoms with Crippen molar-refractivity contribution in [1.82, 2.24) is 9.36 Å². The Kier molecular flexibility index (Phi) is 4.32. The molecule has 0 aliphatic rings. The Balaban J connectivity index is 2.22. The number of alkyl halides is 1. The highest BCUT2D eigenvalue weighted by molar-refractivity contribution is 7.09. The van der Waals surface area contributed by atoms with Gasteiger partial charge in [-0.3, -0.25) is 0 Å². The first-order chi connectivity index (χ1) is 5.83. The van der Waals surface area contributed by atoms with Gasteiger partial charge >= 0.3 is 0 Å². The molecule has 0 aliphatic heterocycles. The van der Waals surface area contributed by atoms with Gasteiger partial charge in [0, 0.05) is 23.5 Å². The Morgan fingerprint density at radius 1 is 1.75 bits per heavy atom. The van der Waals surface area contributed by atoms with Crippen LogP contribution in [0.3, 0.4) is 0 Å². The molecule has 0 radical (unpaired) electrons. The van der Waals surface area contributed by atoms with Crippen LogP contribution in [0.2, 0.25) is 0 Å². The van der Waals surface area contributed by atoms with E-state index in [-0.39, 0.29) is 0 Å². The highest BCUT2D eigenvalue weighted by Gasteiger charge is 2.02. The van der Waals surface area contributed by atoms with Gasteiger partial charge < -0.3 is 5.32 Å². The normalized spacial score (nSPS) is 12.8. The van der Waals surface area contributed by atoms with Crippen molar-refractivity contribution in [1.29, 1.82) is 0 Å². The summed E-state index contributed by atoms with van der Waals surface area (Å²) in [4.78, 5) is 4.03. The molecule has 0 fully saturated rings. The maximum Gasteiger partial charge on any atom is 0.202 e. The molecule has 1 unspecified atom stereocenters. The third-order valence-corrected chi connectivity index (χ3v) is 2.37. The van der Waals surface area contributed by atoms with Gasteiger partial charge in [0.25, 0.3) is 0 Å². The summed E-state index contributed by atoms with van der Waals surface area (Å²) in [6, 6.07) is 0.428. The summed E-state index contributed by atoms with van der Waals surface area (Å²) in [6.45, 7) is 2.12. The van der Waals surface area contributed by atoms with Gasteiger partial charge in [-0.15, -0.1) is 11.6 Å². The number of rotatable bonds is 5. The number of nitrogens with zero attached hydrogens (tertiary/aromatic N) is 2. The van der Waals surface area contributed by atoms with Crippen molar-refractivity contribution in [2.24, 2.45) is 0 Å². The fourth-order valence-electron chi connectivity index (χ4n) is 0.903. The van der Waals surface area contributed by atoms with Crippen molar-refractivity contribution in [3.63, 3.8) is 0 Å². The number of halogens is 1. The van der Waals surface area contributed by atoms with E-state index >= 15 is 0 Å². The monoisotopic (exact) mass is 205 g/mol. The maximum absolute atomic E-state index is 5.57. The SMILES string of the molecule is CC(CCCCl)Nc1ncns1. The van der Waals surface area contributed by atoms with Crippen LogP contribution in [0.4, 0.5) is 5.13 Å². The zero-order valence-corrected chi connectivity index (χ0v) is 8.53. The average Bonchev–Trinajstić information content (AvgIpc) is 2.53. The molecule has 1 atom stereocenters. The Morgan fingerprint density at radius 2 is 2.58 bits per heavy atom. The van der Waals surface area contributed by atoms with Crippen LogP contribution < -0.4 is 5.32 Å². The van der Waals surface area contributed by atoms with E-state index in [9.17, 15) is 0 Å². The number of nitrogens with one attached hydrogen (secondary N) is 1. The second-order valence-electron chi connectivity index (χ2n) is 2.62. The molecule has 0 saturated carbocycles. The van der Waals surface area contributed by atoms with E-state index in [4.69, 9.17) is 11.6 Å². The molecule has 0 aliphatic carbocycles. The van der Waals surface area contributed by atoms with E-state index in [1.54, 1.807) is 6.33 Å². The predicted octanol–water partition coefficient (Wildman–Crippen LogP) is 2.36. The van der Waals surface area contributed by atoms with Gasteiger partial charge in [-0.25, -0.2) is 4.98 Å². The van der Waals surface area contributed by atoms with Crippen LogP contribution in [-0.2, 0) is 0 Å². The molecule has 0 amide bonds. The second-order valence-corrected chi connectivity index (χ2v) is 3.78. The quantitative estimate of drug-likeness (QED) is 0.750. The number of hydrogen-bond donors (Lipinski definition) is 1. The first-order valence-corrected chi connectivity index (χ1v) is 5.23. The zero-order chi connectivity index (χ0) is 8.81. The summed E-state index contributed by atoms with van der Waals surface area (Å²) in [5.41, 5.74) is 0. The molecule has 3 nitrogen and oxygen atoms in total. The zero-order valence-electron chi connectivity index (χ0n) is 6.96. The van der Waals surface area contributed by atoms with Gasteiger partial charge in [0.15, 0.2) is 0 Å². The highest BCUT2D eigenvalue weighted by Crippen LogP contribution is 2.10. The lowest BCUT2D eigenvalue weighted by Gasteiger charge is -2.10. The van der Waals surface area contributed by atoms with E-state index in [2.05, 4.69) is 21.6 Å².